The molecule has 1 unspecified atom stereocenters. The first-order chi connectivity index (χ1) is 10.9. The molecule has 1 aliphatic heterocycles. The average Bonchev–Trinajstić information content (AvgIpc) is 2.84. The zero-order valence-corrected chi connectivity index (χ0v) is 14.5. The minimum absolute atomic E-state index is 0.00964. The van der Waals surface area contributed by atoms with E-state index in [9.17, 15) is 9.90 Å². The lowest BCUT2D eigenvalue weighted by Gasteiger charge is -2.18. The van der Waals surface area contributed by atoms with Crippen LogP contribution in [0.4, 0.5) is 10.5 Å². The average molecular weight is 319 g/mol. The summed E-state index contributed by atoms with van der Waals surface area (Å²) in [6.45, 7) is 6.42. The Morgan fingerprint density at radius 2 is 1.91 bits per heavy atom. The third kappa shape index (κ3) is 5.54. The van der Waals surface area contributed by atoms with Crippen molar-refractivity contribution in [1.82, 2.24) is 0 Å². The molecule has 1 fully saturated rings. The molecular weight excluding hydrogens is 290 g/mol. The maximum absolute atomic E-state index is 12.1. The summed E-state index contributed by atoms with van der Waals surface area (Å²) in [7, 11) is 0. The van der Waals surface area contributed by atoms with Crippen LogP contribution in [0.2, 0.25) is 0 Å². The molecule has 128 valence electrons. The lowest BCUT2D eigenvalue weighted by Crippen LogP contribution is -2.25. The number of amides is 1. The summed E-state index contributed by atoms with van der Waals surface area (Å²) in [6.07, 6.45) is 6.08. The van der Waals surface area contributed by atoms with Crippen molar-refractivity contribution < 1.29 is 14.6 Å². The molecule has 0 bridgehead atoms. The predicted molar refractivity (Wildman–Crippen MR) is 92.8 cm³/mol. The first-order valence-electron chi connectivity index (χ1n) is 8.68. The van der Waals surface area contributed by atoms with Crippen LogP contribution in [0.25, 0.3) is 0 Å². The number of rotatable bonds is 8. The maximum atomic E-state index is 12.1. The molecule has 23 heavy (non-hydrogen) atoms. The van der Waals surface area contributed by atoms with Crippen molar-refractivity contribution in [2.75, 3.05) is 11.4 Å². The van der Waals surface area contributed by atoms with E-state index in [4.69, 9.17) is 4.74 Å². The summed E-state index contributed by atoms with van der Waals surface area (Å²) in [5.41, 5.74) is 1.20. The van der Waals surface area contributed by atoms with Crippen molar-refractivity contribution in [3.05, 3.63) is 29.8 Å². The quantitative estimate of drug-likeness (QED) is 0.727. The second-order valence-corrected chi connectivity index (χ2v) is 7.12. The van der Waals surface area contributed by atoms with Gasteiger partial charge in [-0.05, 0) is 44.4 Å². The van der Waals surface area contributed by atoms with E-state index in [1.807, 2.05) is 24.3 Å². The molecule has 1 aromatic rings. The Bertz CT molecular complexity index is 504. The van der Waals surface area contributed by atoms with Crippen molar-refractivity contribution in [3.63, 3.8) is 0 Å². The molecule has 1 saturated heterocycles. The first-order valence-corrected chi connectivity index (χ1v) is 8.68. The minimum atomic E-state index is -0.725. The van der Waals surface area contributed by atoms with E-state index >= 15 is 0 Å². The van der Waals surface area contributed by atoms with E-state index in [-0.39, 0.29) is 12.2 Å². The van der Waals surface area contributed by atoms with Crippen molar-refractivity contribution >= 4 is 11.8 Å². The van der Waals surface area contributed by atoms with Crippen molar-refractivity contribution in [3.8, 4) is 0 Å². The number of nitrogens with zero attached hydrogens (tertiary/aromatic N) is 1. The number of hydrogen-bond acceptors (Lipinski definition) is 3. The topological polar surface area (TPSA) is 49.8 Å². The number of carbonyl (C=O) groups is 1. The number of unbranched alkanes of at least 4 members (excludes halogenated alkanes) is 3. The van der Waals surface area contributed by atoms with E-state index in [0.717, 1.165) is 24.1 Å². The van der Waals surface area contributed by atoms with Gasteiger partial charge < -0.3 is 9.84 Å². The maximum Gasteiger partial charge on any atom is 0.414 e. The lowest BCUT2D eigenvalue weighted by molar-refractivity contribution is 0.0810. The van der Waals surface area contributed by atoms with Crippen LogP contribution in [0.5, 0.6) is 0 Å². The smallest absolute Gasteiger partial charge is 0.414 e. The fourth-order valence-corrected chi connectivity index (χ4v) is 2.97. The van der Waals surface area contributed by atoms with E-state index < -0.39 is 5.60 Å². The van der Waals surface area contributed by atoms with E-state index in [1.54, 1.807) is 18.7 Å². The second-order valence-electron chi connectivity index (χ2n) is 7.12. The summed E-state index contributed by atoms with van der Waals surface area (Å²) >= 11 is 0. The zero-order valence-electron chi connectivity index (χ0n) is 14.5. The summed E-state index contributed by atoms with van der Waals surface area (Å²) in [4.78, 5) is 13.8. The molecule has 0 aliphatic carbocycles. The largest absolute Gasteiger partial charge is 0.444 e. The molecule has 1 atom stereocenters. The molecule has 0 spiro atoms. The molecule has 0 radical (unpaired) electrons. The number of ether oxygens (including phenoxy) is 1. The van der Waals surface area contributed by atoms with Gasteiger partial charge in [-0.2, -0.15) is 0 Å². The van der Waals surface area contributed by atoms with Crippen LogP contribution in [0.15, 0.2) is 24.3 Å². The Morgan fingerprint density at radius 3 is 2.52 bits per heavy atom. The van der Waals surface area contributed by atoms with Gasteiger partial charge in [-0.25, -0.2) is 4.79 Å². The minimum Gasteiger partial charge on any atom is -0.444 e. The molecule has 1 aliphatic rings. The van der Waals surface area contributed by atoms with Crippen LogP contribution in [0.3, 0.4) is 0 Å². The Balaban J connectivity index is 1.90. The van der Waals surface area contributed by atoms with Crippen LogP contribution in [-0.4, -0.2) is 29.4 Å². The normalized spacial score (nSPS) is 18.3. The highest BCUT2D eigenvalue weighted by Gasteiger charge is 2.31. The highest BCUT2D eigenvalue weighted by molar-refractivity contribution is 5.89. The van der Waals surface area contributed by atoms with Crippen molar-refractivity contribution in [2.45, 2.75) is 71.0 Å². The van der Waals surface area contributed by atoms with Gasteiger partial charge in [-0.15, -0.1) is 0 Å². The SMILES string of the molecule is CCCCCCC1CN(c2ccc(CC(C)(C)O)cc2)C(=O)O1. The van der Waals surface area contributed by atoms with E-state index in [0.29, 0.717) is 13.0 Å². The molecule has 0 saturated carbocycles. The third-order valence-corrected chi connectivity index (χ3v) is 4.14. The monoisotopic (exact) mass is 319 g/mol. The number of carbonyl (C=O) groups excluding carboxylic acids is 1. The van der Waals surface area contributed by atoms with Crippen LogP contribution >= 0.6 is 0 Å². The molecule has 1 heterocycles. The molecule has 0 aromatic heterocycles. The summed E-state index contributed by atoms with van der Waals surface area (Å²) < 4.78 is 5.47. The van der Waals surface area contributed by atoms with E-state index in [2.05, 4.69) is 6.92 Å². The lowest BCUT2D eigenvalue weighted by atomic mass is 9.98. The Kier molecular flexibility index (Phi) is 6.05. The number of cyclic esters (lactones) is 1. The Hall–Kier alpha value is -1.55. The van der Waals surface area contributed by atoms with Crippen LogP contribution < -0.4 is 4.90 Å². The van der Waals surface area contributed by atoms with Gasteiger partial charge in [-0.1, -0.05) is 38.3 Å². The van der Waals surface area contributed by atoms with Crippen molar-refractivity contribution in [2.24, 2.45) is 0 Å². The van der Waals surface area contributed by atoms with Gasteiger partial charge in [0.1, 0.15) is 6.10 Å². The van der Waals surface area contributed by atoms with Crippen LogP contribution in [0, 0.1) is 0 Å². The number of benzene rings is 1. The van der Waals surface area contributed by atoms with Gasteiger partial charge >= 0.3 is 6.09 Å². The molecule has 1 N–H and O–H groups in total. The summed E-state index contributed by atoms with van der Waals surface area (Å²) in [5, 5.41) is 9.86. The van der Waals surface area contributed by atoms with Crippen LogP contribution in [-0.2, 0) is 11.2 Å². The Morgan fingerprint density at radius 1 is 1.22 bits per heavy atom. The van der Waals surface area contributed by atoms with Gasteiger partial charge in [0, 0.05) is 12.1 Å². The van der Waals surface area contributed by atoms with Gasteiger partial charge in [0.25, 0.3) is 0 Å². The van der Waals surface area contributed by atoms with E-state index in [1.165, 1.54) is 19.3 Å². The fraction of sp³-hybridized carbons (Fsp3) is 0.632. The second kappa shape index (κ2) is 7.82. The Labute approximate surface area is 139 Å². The number of anilines is 1. The molecule has 1 amide bonds. The fourth-order valence-electron chi connectivity index (χ4n) is 2.97. The van der Waals surface area contributed by atoms with Gasteiger partial charge in [0.05, 0.1) is 12.1 Å². The molecular formula is C19H29NO3. The molecule has 4 heteroatoms. The number of aliphatic hydroxyl groups is 1. The van der Waals surface area contributed by atoms with Crippen molar-refractivity contribution in [1.29, 1.82) is 0 Å². The number of hydrogen-bond donors (Lipinski definition) is 1. The zero-order chi connectivity index (χ0) is 16.9. The van der Waals surface area contributed by atoms with Gasteiger partial charge in [-0.3, -0.25) is 4.90 Å². The third-order valence-electron chi connectivity index (χ3n) is 4.14. The predicted octanol–water partition coefficient (Wildman–Crippen LogP) is 4.30. The molecule has 4 nitrogen and oxygen atoms in total. The van der Waals surface area contributed by atoms with Gasteiger partial charge in [0.15, 0.2) is 0 Å². The molecule has 1 aromatic carbocycles. The highest BCUT2D eigenvalue weighted by Crippen LogP contribution is 2.25. The van der Waals surface area contributed by atoms with Crippen LogP contribution in [0.1, 0.15) is 58.4 Å². The summed E-state index contributed by atoms with van der Waals surface area (Å²) in [5.74, 6) is 0. The standard InChI is InChI=1S/C19H29NO3/c1-4-5-6-7-8-17-14-20(18(21)23-17)16-11-9-15(10-12-16)13-19(2,3)22/h9-12,17,22H,4-8,13-14H2,1-3H3. The van der Waals surface area contributed by atoms with Gasteiger partial charge in [0.2, 0.25) is 0 Å². The highest BCUT2D eigenvalue weighted by atomic mass is 16.6. The first kappa shape index (κ1) is 17.8. The molecule has 2 rings (SSSR count). The summed E-state index contributed by atoms with van der Waals surface area (Å²) in [6, 6.07) is 7.80.